The zero-order valence-electron chi connectivity index (χ0n) is 25.3. The molecule has 4 aromatic rings. The predicted molar refractivity (Wildman–Crippen MR) is 173 cm³/mol. The lowest BCUT2D eigenvalue weighted by Crippen LogP contribution is -2.51. The first-order valence-electron chi connectivity index (χ1n) is 15.7. The van der Waals surface area contributed by atoms with Crippen LogP contribution in [-0.4, -0.2) is 73.3 Å². The molecule has 0 radical (unpaired) electrons. The first-order chi connectivity index (χ1) is 21.6. The molecule has 0 aliphatic carbocycles. The molecule has 0 bridgehead atoms. The molecular weight excluding hydrogens is 550 g/mol. The highest BCUT2D eigenvalue weighted by Crippen LogP contribution is 2.38. The van der Waals surface area contributed by atoms with Gasteiger partial charge in [0.2, 0.25) is 0 Å². The molecule has 226 valence electrons. The lowest BCUT2D eigenvalue weighted by molar-refractivity contribution is 0.187. The summed E-state index contributed by atoms with van der Waals surface area (Å²) in [5, 5.41) is 15.2. The van der Waals surface area contributed by atoms with Gasteiger partial charge in [0.1, 0.15) is 23.9 Å². The summed E-state index contributed by atoms with van der Waals surface area (Å²) in [6.45, 7) is 5.57. The second-order valence-corrected chi connectivity index (χ2v) is 12.1. The summed E-state index contributed by atoms with van der Waals surface area (Å²) in [7, 11) is 2.16. The number of para-hydroxylation sites is 1. The van der Waals surface area contributed by atoms with Gasteiger partial charge >= 0.3 is 6.01 Å². The molecule has 9 heteroatoms. The lowest BCUT2D eigenvalue weighted by Gasteiger charge is -2.37. The average Bonchev–Trinajstić information content (AvgIpc) is 3.47. The van der Waals surface area contributed by atoms with Crippen LogP contribution in [0.15, 0.2) is 66.7 Å². The molecule has 2 saturated heterocycles. The van der Waals surface area contributed by atoms with Crippen LogP contribution in [0.1, 0.15) is 30.5 Å². The molecule has 0 amide bonds. The van der Waals surface area contributed by atoms with Crippen molar-refractivity contribution in [3.8, 4) is 23.6 Å². The van der Waals surface area contributed by atoms with Gasteiger partial charge in [-0.15, -0.1) is 0 Å². The summed E-state index contributed by atoms with van der Waals surface area (Å²) in [6, 6.07) is 26.0. The third kappa shape index (κ3) is 6.01. The predicted octanol–water partition coefficient (Wildman–Crippen LogP) is 5.15. The van der Waals surface area contributed by atoms with E-state index in [4.69, 9.17) is 19.4 Å². The van der Waals surface area contributed by atoms with Gasteiger partial charge in [0.15, 0.2) is 0 Å². The molecule has 2 atom stereocenters. The van der Waals surface area contributed by atoms with Crippen LogP contribution in [0.2, 0.25) is 0 Å². The van der Waals surface area contributed by atoms with Crippen LogP contribution in [0, 0.1) is 11.3 Å². The number of rotatable bonds is 8. The van der Waals surface area contributed by atoms with Crippen LogP contribution >= 0.6 is 0 Å². The van der Waals surface area contributed by atoms with E-state index in [0.717, 1.165) is 79.6 Å². The number of nitriles is 1. The van der Waals surface area contributed by atoms with E-state index in [0.29, 0.717) is 31.6 Å². The fourth-order valence-electron chi connectivity index (χ4n) is 6.75. The zero-order chi connectivity index (χ0) is 29.9. The number of nitrogens with one attached hydrogen (secondary N) is 1. The number of likely N-dealkylation sites (tertiary alicyclic amines) is 1. The number of likely N-dealkylation sites (N-methyl/N-ethyl adjacent to an activating group) is 1. The standard InChI is InChI=1S/C35H39N7O2/c1-40-17-7-9-27(40)24-43-35-38-32-23-41(18-14-31(32)34(39-35)42-19-16-37-26(22-42)13-15-36)33-21-29(44-28-10-3-2-4-11-28)20-25-8-5-6-12-30(25)33/h2-6,8,10-12,20-21,26-27,37H,7,9,13-14,16-19,22-24H2,1H3/t26?,27-/m1/s1. The minimum absolute atomic E-state index is 0.120. The van der Waals surface area contributed by atoms with Gasteiger partial charge in [-0.2, -0.15) is 15.2 Å². The number of anilines is 2. The van der Waals surface area contributed by atoms with Crippen molar-refractivity contribution in [3.63, 3.8) is 0 Å². The largest absolute Gasteiger partial charge is 0.462 e. The molecule has 3 aromatic carbocycles. The van der Waals surface area contributed by atoms with Crippen molar-refractivity contribution in [2.45, 2.75) is 44.3 Å². The maximum absolute atomic E-state index is 9.35. The Morgan fingerprint density at radius 2 is 1.84 bits per heavy atom. The number of hydrogen-bond acceptors (Lipinski definition) is 9. The van der Waals surface area contributed by atoms with Crippen molar-refractivity contribution in [1.29, 1.82) is 5.26 Å². The normalized spacial score (nSPS) is 20.4. The van der Waals surface area contributed by atoms with Crippen molar-refractivity contribution >= 4 is 22.3 Å². The number of nitrogens with zero attached hydrogens (tertiary/aromatic N) is 6. The second-order valence-electron chi connectivity index (χ2n) is 12.1. The van der Waals surface area contributed by atoms with Crippen LogP contribution in [0.5, 0.6) is 17.5 Å². The SMILES string of the molecule is CN1CCC[C@@H]1COc1nc2c(c(N3CCNC(CC#N)C3)n1)CCN(c1cc(Oc3ccccc3)cc3ccccc13)C2. The number of benzene rings is 3. The Labute approximate surface area is 259 Å². The van der Waals surface area contributed by atoms with Gasteiger partial charge in [0.05, 0.1) is 24.7 Å². The molecule has 7 rings (SSSR count). The van der Waals surface area contributed by atoms with Crippen LogP contribution < -0.4 is 24.6 Å². The van der Waals surface area contributed by atoms with Gasteiger partial charge in [0, 0.05) is 61.0 Å². The Kier molecular flexibility index (Phi) is 8.18. The van der Waals surface area contributed by atoms with Crippen molar-refractivity contribution < 1.29 is 9.47 Å². The van der Waals surface area contributed by atoms with E-state index in [2.05, 4.69) is 69.5 Å². The van der Waals surface area contributed by atoms with Crippen LogP contribution in [-0.2, 0) is 13.0 Å². The molecule has 0 spiro atoms. The second kappa shape index (κ2) is 12.7. The number of piperazine rings is 1. The van der Waals surface area contributed by atoms with Gasteiger partial charge < -0.3 is 29.5 Å². The van der Waals surface area contributed by atoms with Crippen LogP contribution in [0.25, 0.3) is 10.8 Å². The first kappa shape index (κ1) is 28.4. The molecule has 1 aromatic heterocycles. The fourth-order valence-corrected chi connectivity index (χ4v) is 6.75. The van der Waals surface area contributed by atoms with E-state index >= 15 is 0 Å². The third-order valence-corrected chi connectivity index (χ3v) is 9.12. The Morgan fingerprint density at radius 3 is 2.68 bits per heavy atom. The van der Waals surface area contributed by atoms with Crippen molar-refractivity contribution in [3.05, 3.63) is 78.0 Å². The summed E-state index contributed by atoms with van der Waals surface area (Å²) >= 11 is 0. The highest BCUT2D eigenvalue weighted by atomic mass is 16.5. The maximum Gasteiger partial charge on any atom is 0.318 e. The molecule has 2 fully saturated rings. The summed E-state index contributed by atoms with van der Waals surface area (Å²) in [5.41, 5.74) is 3.32. The van der Waals surface area contributed by atoms with Gasteiger partial charge in [-0.3, -0.25) is 0 Å². The van der Waals surface area contributed by atoms with Gasteiger partial charge in [-0.1, -0.05) is 42.5 Å². The summed E-state index contributed by atoms with van der Waals surface area (Å²) in [5.74, 6) is 2.59. The van der Waals surface area contributed by atoms with Crippen molar-refractivity contribution in [2.75, 3.05) is 56.2 Å². The van der Waals surface area contributed by atoms with E-state index < -0.39 is 0 Å². The molecule has 4 heterocycles. The lowest BCUT2D eigenvalue weighted by atomic mass is 10.0. The maximum atomic E-state index is 9.35. The highest BCUT2D eigenvalue weighted by molar-refractivity contribution is 5.96. The molecule has 44 heavy (non-hydrogen) atoms. The van der Waals surface area contributed by atoms with E-state index in [1.807, 2.05) is 30.3 Å². The summed E-state index contributed by atoms with van der Waals surface area (Å²) in [4.78, 5) is 17.2. The Morgan fingerprint density at radius 1 is 0.977 bits per heavy atom. The third-order valence-electron chi connectivity index (χ3n) is 9.12. The summed E-state index contributed by atoms with van der Waals surface area (Å²) in [6.07, 6.45) is 3.62. The molecule has 3 aliphatic rings. The fraction of sp³-hybridized carbons (Fsp3) is 0.400. The van der Waals surface area contributed by atoms with E-state index in [9.17, 15) is 5.26 Å². The number of fused-ring (bicyclic) bond motifs is 2. The van der Waals surface area contributed by atoms with E-state index in [-0.39, 0.29) is 6.04 Å². The Bertz CT molecular complexity index is 1660. The van der Waals surface area contributed by atoms with Gasteiger partial charge in [-0.05, 0) is 56.4 Å². The van der Waals surface area contributed by atoms with Gasteiger partial charge in [-0.25, -0.2) is 0 Å². The molecule has 9 nitrogen and oxygen atoms in total. The summed E-state index contributed by atoms with van der Waals surface area (Å²) < 4.78 is 12.6. The highest BCUT2D eigenvalue weighted by Gasteiger charge is 2.30. The number of hydrogen-bond donors (Lipinski definition) is 1. The molecule has 1 unspecified atom stereocenters. The first-order valence-corrected chi connectivity index (χ1v) is 15.7. The smallest absolute Gasteiger partial charge is 0.318 e. The monoisotopic (exact) mass is 589 g/mol. The minimum Gasteiger partial charge on any atom is -0.462 e. The van der Waals surface area contributed by atoms with Crippen molar-refractivity contribution in [1.82, 2.24) is 20.2 Å². The number of ether oxygens (including phenoxy) is 2. The average molecular weight is 590 g/mol. The Hall–Kier alpha value is -4.39. The molecule has 0 saturated carbocycles. The van der Waals surface area contributed by atoms with Crippen LogP contribution in [0.3, 0.4) is 0 Å². The molecule has 1 N–H and O–H groups in total. The Balaban J connectivity index is 1.22. The minimum atomic E-state index is 0.120. The molecular formula is C35H39N7O2. The van der Waals surface area contributed by atoms with Gasteiger partial charge in [0.25, 0.3) is 0 Å². The molecule has 3 aliphatic heterocycles. The quantitative estimate of drug-likeness (QED) is 0.300. The zero-order valence-corrected chi connectivity index (χ0v) is 25.3. The topological polar surface area (TPSA) is 89.8 Å². The number of aromatic nitrogens is 2. The van der Waals surface area contributed by atoms with Crippen LogP contribution in [0.4, 0.5) is 11.5 Å². The van der Waals surface area contributed by atoms with Crippen molar-refractivity contribution in [2.24, 2.45) is 0 Å². The van der Waals surface area contributed by atoms with E-state index in [1.54, 1.807) is 0 Å². The van der Waals surface area contributed by atoms with E-state index in [1.165, 1.54) is 17.4 Å².